The molecular formula is C21H26N4O. The number of nitrogens with zero attached hydrogens (tertiary/aromatic N) is 4. The molecule has 3 aromatic rings. The zero-order valence-corrected chi connectivity index (χ0v) is 15.3. The first kappa shape index (κ1) is 17.0. The molecule has 4 rings (SSSR count). The summed E-state index contributed by atoms with van der Waals surface area (Å²) in [5.41, 5.74) is 2.05. The number of oxazole rings is 1. The Morgan fingerprint density at radius 3 is 2.88 bits per heavy atom. The summed E-state index contributed by atoms with van der Waals surface area (Å²) in [5, 5.41) is 0. The van der Waals surface area contributed by atoms with Crippen LogP contribution < -0.4 is 0 Å². The second-order valence-electron chi connectivity index (χ2n) is 7.12. The number of piperidine rings is 1. The third-order valence-electron chi connectivity index (χ3n) is 5.31. The number of benzene rings is 1. The minimum Gasteiger partial charge on any atom is -0.444 e. The van der Waals surface area contributed by atoms with Crippen LogP contribution in [0.25, 0.3) is 11.5 Å². The van der Waals surface area contributed by atoms with Crippen molar-refractivity contribution < 1.29 is 4.42 Å². The normalized spacial score (nSPS) is 18.3. The summed E-state index contributed by atoms with van der Waals surface area (Å²) < 4.78 is 7.83. The van der Waals surface area contributed by atoms with Gasteiger partial charge in [0.2, 0.25) is 5.89 Å². The van der Waals surface area contributed by atoms with Crippen molar-refractivity contribution in [2.24, 2.45) is 7.05 Å². The van der Waals surface area contributed by atoms with Crippen LogP contribution in [0.3, 0.4) is 0 Å². The van der Waals surface area contributed by atoms with Gasteiger partial charge >= 0.3 is 0 Å². The van der Waals surface area contributed by atoms with Gasteiger partial charge in [0.25, 0.3) is 0 Å². The van der Waals surface area contributed by atoms with Crippen molar-refractivity contribution in [2.75, 3.05) is 6.54 Å². The predicted molar refractivity (Wildman–Crippen MR) is 102 cm³/mol. The van der Waals surface area contributed by atoms with Gasteiger partial charge in [-0.25, -0.2) is 9.97 Å². The number of hydrogen-bond donors (Lipinski definition) is 0. The van der Waals surface area contributed by atoms with Crippen LogP contribution in [0.2, 0.25) is 0 Å². The van der Waals surface area contributed by atoms with Crippen molar-refractivity contribution in [3.05, 3.63) is 60.5 Å². The molecule has 136 valence electrons. The lowest BCUT2D eigenvalue weighted by atomic mass is 9.97. The number of rotatable bonds is 6. The van der Waals surface area contributed by atoms with Gasteiger partial charge in [0, 0.05) is 44.0 Å². The van der Waals surface area contributed by atoms with Crippen molar-refractivity contribution in [1.29, 1.82) is 0 Å². The third-order valence-corrected chi connectivity index (χ3v) is 5.31. The topological polar surface area (TPSA) is 47.1 Å². The summed E-state index contributed by atoms with van der Waals surface area (Å²) in [5.74, 6) is 1.88. The van der Waals surface area contributed by atoms with Crippen LogP contribution in [-0.4, -0.2) is 32.0 Å². The van der Waals surface area contributed by atoms with Crippen molar-refractivity contribution in [3.8, 4) is 11.5 Å². The quantitative estimate of drug-likeness (QED) is 0.672. The number of hydrogen-bond acceptors (Lipinski definition) is 4. The van der Waals surface area contributed by atoms with E-state index in [9.17, 15) is 0 Å². The molecule has 26 heavy (non-hydrogen) atoms. The van der Waals surface area contributed by atoms with E-state index in [0.29, 0.717) is 11.9 Å². The van der Waals surface area contributed by atoms with Gasteiger partial charge in [0.05, 0.1) is 5.69 Å². The highest BCUT2D eigenvalue weighted by molar-refractivity contribution is 5.52. The van der Waals surface area contributed by atoms with Crippen LogP contribution in [0, 0.1) is 0 Å². The monoisotopic (exact) mass is 350 g/mol. The zero-order chi connectivity index (χ0) is 17.8. The summed E-state index contributed by atoms with van der Waals surface area (Å²) >= 11 is 0. The Kier molecular flexibility index (Phi) is 5.16. The molecule has 2 aromatic heterocycles. The molecule has 0 aliphatic carbocycles. The molecule has 1 fully saturated rings. The van der Waals surface area contributed by atoms with E-state index in [1.807, 2.05) is 49.0 Å². The minimum atomic E-state index is 0.595. The lowest BCUT2D eigenvalue weighted by molar-refractivity contribution is 0.130. The van der Waals surface area contributed by atoms with E-state index in [2.05, 4.69) is 21.5 Å². The number of aromatic nitrogens is 3. The van der Waals surface area contributed by atoms with Gasteiger partial charge in [-0.2, -0.15) is 0 Å². The van der Waals surface area contributed by atoms with E-state index in [0.717, 1.165) is 37.2 Å². The molecule has 1 unspecified atom stereocenters. The van der Waals surface area contributed by atoms with E-state index < -0.39 is 0 Å². The summed E-state index contributed by atoms with van der Waals surface area (Å²) in [6.45, 7) is 2.00. The molecule has 0 amide bonds. The zero-order valence-electron chi connectivity index (χ0n) is 15.3. The highest BCUT2D eigenvalue weighted by Gasteiger charge is 2.23. The van der Waals surface area contributed by atoms with E-state index in [1.54, 1.807) is 0 Å². The fourth-order valence-electron chi connectivity index (χ4n) is 3.83. The van der Waals surface area contributed by atoms with Crippen LogP contribution in [-0.2, 0) is 20.0 Å². The molecule has 1 atom stereocenters. The van der Waals surface area contributed by atoms with Crippen molar-refractivity contribution >= 4 is 0 Å². The molecule has 0 bridgehead atoms. The first-order valence-electron chi connectivity index (χ1n) is 9.49. The molecule has 1 aliphatic heterocycles. The van der Waals surface area contributed by atoms with E-state index >= 15 is 0 Å². The van der Waals surface area contributed by atoms with E-state index in [1.165, 1.54) is 25.1 Å². The summed E-state index contributed by atoms with van der Waals surface area (Å²) in [6.07, 6.45) is 11.7. The van der Waals surface area contributed by atoms with E-state index in [-0.39, 0.29) is 0 Å². The molecular weight excluding hydrogens is 324 g/mol. The molecule has 5 nitrogen and oxygen atoms in total. The smallest absolute Gasteiger partial charge is 0.226 e. The predicted octanol–water partition coefficient (Wildman–Crippen LogP) is 4.06. The maximum absolute atomic E-state index is 5.71. The van der Waals surface area contributed by atoms with Crippen LogP contribution >= 0.6 is 0 Å². The fourth-order valence-corrected chi connectivity index (χ4v) is 3.83. The molecule has 3 heterocycles. The Balaban J connectivity index is 1.40. The Morgan fingerprint density at radius 1 is 1.19 bits per heavy atom. The summed E-state index contributed by atoms with van der Waals surface area (Å²) in [4.78, 5) is 11.7. The first-order chi connectivity index (χ1) is 12.8. The van der Waals surface area contributed by atoms with Gasteiger partial charge < -0.3 is 8.98 Å². The maximum atomic E-state index is 5.71. The largest absolute Gasteiger partial charge is 0.444 e. The first-order valence-corrected chi connectivity index (χ1v) is 9.49. The summed E-state index contributed by atoms with van der Waals surface area (Å²) in [7, 11) is 2.07. The Morgan fingerprint density at radius 2 is 2.08 bits per heavy atom. The Bertz CT molecular complexity index is 823. The SMILES string of the molecule is Cn1ccnc1CCC1CCCCN1Cc1coc(-c2ccccc2)n1. The molecule has 0 N–H and O–H groups in total. The minimum absolute atomic E-state index is 0.595. The van der Waals surface area contributed by atoms with Crippen LogP contribution in [0.4, 0.5) is 0 Å². The standard InChI is InChI=1S/C21H26N4O/c1-24-14-12-22-20(24)11-10-19-9-5-6-13-25(19)15-18-16-26-21(23-18)17-7-3-2-4-8-17/h2-4,7-8,12,14,16,19H,5-6,9-11,13,15H2,1H3. The van der Waals surface area contributed by atoms with E-state index in [4.69, 9.17) is 9.40 Å². The average molecular weight is 350 g/mol. The van der Waals surface area contributed by atoms with Gasteiger partial charge in [0.15, 0.2) is 0 Å². The second kappa shape index (κ2) is 7.87. The molecule has 0 spiro atoms. The molecule has 0 radical (unpaired) electrons. The fraction of sp³-hybridized carbons (Fsp3) is 0.429. The third kappa shape index (κ3) is 3.88. The van der Waals surface area contributed by atoms with Crippen LogP contribution in [0.15, 0.2) is 53.4 Å². The molecule has 1 aromatic carbocycles. The van der Waals surface area contributed by atoms with Crippen molar-refractivity contribution in [2.45, 2.75) is 44.7 Å². The second-order valence-corrected chi connectivity index (χ2v) is 7.12. The number of imidazole rings is 1. The lowest BCUT2D eigenvalue weighted by Crippen LogP contribution is -2.39. The van der Waals surface area contributed by atoms with Gasteiger partial charge in [-0.1, -0.05) is 24.6 Å². The summed E-state index contributed by atoms with van der Waals surface area (Å²) in [6, 6.07) is 10.7. The average Bonchev–Trinajstić information content (AvgIpc) is 3.31. The number of aryl methyl sites for hydroxylation is 2. The van der Waals surface area contributed by atoms with Crippen LogP contribution in [0.5, 0.6) is 0 Å². The Labute approximate surface area is 154 Å². The molecule has 1 saturated heterocycles. The highest BCUT2D eigenvalue weighted by atomic mass is 16.3. The highest BCUT2D eigenvalue weighted by Crippen LogP contribution is 2.24. The van der Waals surface area contributed by atoms with Gasteiger partial charge in [-0.05, 0) is 37.9 Å². The van der Waals surface area contributed by atoms with Crippen LogP contribution in [0.1, 0.15) is 37.2 Å². The number of likely N-dealkylation sites (tertiary alicyclic amines) is 1. The molecule has 0 saturated carbocycles. The van der Waals surface area contributed by atoms with Gasteiger partial charge in [-0.3, -0.25) is 4.90 Å². The lowest BCUT2D eigenvalue weighted by Gasteiger charge is -2.35. The molecule has 5 heteroatoms. The molecule has 1 aliphatic rings. The Hall–Kier alpha value is -2.40. The van der Waals surface area contributed by atoms with Gasteiger partial charge in [-0.15, -0.1) is 0 Å². The maximum Gasteiger partial charge on any atom is 0.226 e. The van der Waals surface area contributed by atoms with Crippen molar-refractivity contribution in [1.82, 2.24) is 19.4 Å². The van der Waals surface area contributed by atoms with Crippen molar-refractivity contribution in [3.63, 3.8) is 0 Å². The van der Waals surface area contributed by atoms with Gasteiger partial charge in [0.1, 0.15) is 12.1 Å².